The molecule has 3 unspecified atom stereocenters. The summed E-state index contributed by atoms with van der Waals surface area (Å²) < 4.78 is 5.24. The summed E-state index contributed by atoms with van der Waals surface area (Å²) in [5.74, 6) is -0.00568. The predicted molar refractivity (Wildman–Crippen MR) is 73.6 cm³/mol. The molecule has 0 aliphatic carbocycles. The molecule has 1 N–H and O–H groups in total. The summed E-state index contributed by atoms with van der Waals surface area (Å²) in [5, 5.41) is 2.87. The maximum Gasteiger partial charge on any atom is 0.248 e. The van der Waals surface area contributed by atoms with Gasteiger partial charge in [-0.3, -0.25) is 9.59 Å². The van der Waals surface area contributed by atoms with Crippen LogP contribution < -0.4 is 5.32 Å². The van der Waals surface area contributed by atoms with Crippen LogP contribution in [0.2, 0.25) is 0 Å². The number of carbonyl (C=O) groups excluding carboxylic acids is 2. The van der Waals surface area contributed by atoms with Crippen LogP contribution in [0.15, 0.2) is 0 Å². The van der Waals surface area contributed by atoms with Crippen molar-refractivity contribution in [1.29, 1.82) is 0 Å². The van der Waals surface area contributed by atoms with Crippen molar-refractivity contribution in [2.75, 3.05) is 13.7 Å². The number of amides is 2. The van der Waals surface area contributed by atoms with E-state index in [4.69, 9.17) is 4.74 Å². The smallest absolute Gasteiger partial charge is 0.248 e. The number of piperazine rings is 1. The minimum atomic E-state index is -0.796. The molecule has 0 aromatic heterocycles. The van der Waals surface area contributed by atoms with Gasteiger partial charge in [0, 0.05) is 13.7 Å². The second kappa shape index (κ2) is 5.90. The van der Waals surface area contributed by atoms with Gasteiger partial charge < -0.3 is 15.0 Å². The summed E-state index contributed by atoms with van der Waals surface area (Å²) in [4.78, 5) is 26.6. The van der Waals surface area contributed by atoms with E-state index in [0.717, 1.165) is 0 Å². The lowest BCUT2D eigenvalue weighted by Gasteiger charge is -2.46. The normalized spacial score (nSPS) is 29.6. The fraction of sp³-hybridized carbons (Fsp3) is 0.857. The lowest BCUT2D eigenvalue weighted by atomic mass is 9.88. The molecule has 19 heavy (non-hydrogen) atoms. The Morgan fingerprint density at radius 2 is 1.95 bits per heavy atom. The molecule has 0 aromatic carbocycles. The molecular formula is C14H26N2O3. The number of nitrogens with one attached hydrogen (secondary N) is 1. The molecule has 0 spiro atoms. The van der Waals surface area contributed by atoms with Gasteiger partial charge in [0.2, 0.25) is 11.8 Å². The number of nitrogens with zero attached hydrogens (tertiary/aromatic N) is 1. The Hall–Kier alpha value is -1.10. The van der Waals surface area contributed by atoms with Crippen LogP contribution in [0.3, 0.4) is 0 Å². The van der Waals surface area contributed by atoms with Crippen molar-refractivity contribution in [2.45, 2.75) is 58.7 Å². The van der Waals surface area contributed by atoms with Crippen LogP contribution in [0.25, 0.3) is 0 Å². The lowest BCUT2D eigenvalue weighted by molar-refractivity contribution is -0.158. The van der Waals surface area contributed by atoms with Crippen molar-refractivity contribution in [3.05, 3.63) is 0 Å². The van der Waals surface area contributed by atoms with Crippen LogP contribution in [0.5, 0.6) is 0 Å². The molecule has 2 amide bonds. The Labute approximate surface area is 115 Å². The summed E-state index contributed by atoms with van der Waals surface area (Å²) in [7, 11) is 1.61. The van der Waals surface area contributed by atoms with E-state index in [9.17, 15) is 9.59 Å². The Balaban J connectivity index is 3.07. The first-order chi connectivity index (χ1) is 8.76. The Kier molecular flexibility index (Phi) is 4.96. The SMILES string of the molecule is CCC1(C)NC(=O)C(C(C)C)N(CC(C)OC)C1=O. The molecular weight excluding hydrogens is 244 g/mol. The van der Waals surface area contributed by atoms with Gasteiger partial charge in [-0.2, -0.15) is 0 Å². The van der Waals surface area contributed by atoms with E-state index in [0.29, 0.717) is 13.0 Å². The molecule has 0 radical (unpaired) electrons. The molecule has 0 aromatic rings. The summed E-state index contributed by atoms with van der Waals surface area (Å²) >= 11 is 0. The third kappa shape index (κ3) is 3.08. The number of carbonyl (C=O) groups is 2. The van der Waals surface area contributed by atoms with Gasteiger partial charge in [0.25, 0.3) is 0 Å². The molecule has 1 heterocycles. The highest BCUT2D eigenvalue weighted by Gasteiger charge is 2.48. The Bertz CT molecular complexity index is 357. The van der Waals surface area contributed by atoms with Crippen molar-refractivity contribution in [3.8, 4) is 0 Å². The van der Waals surface area contributed by atoms with Gasteiger partial charge in [-0.15, -0.1) is 0 Å². The van der Waals surface area contributed by atoms with E-state index < -0.39 is 11.6 Å². The molecule has 110 valence electrons. The summed E-state index contributed by atoms with van der Waals surface area (Å²) in [6, 6.07) is -0.412. The first-order valence-corrected chi connectivity index (χ1v) is 6.92. The number of methoxy groups -OCH3 is 1. The van der Waals surface area contributed by atoms with Crippen molar-refractivity contribution < 1.29 is 14.3 Å². The summed E-state index contributed by atoms with van der Waals surface area (Å²) in [6.45, 7) is 9.95. The molecule has 1 aliphatic rings. The Morgan fingerprint density at radius 1 is 1.37 bits per heavy atom. The first kappa shape index (κ1) is 16.0. The third-order valence-corrected chi connectivity index (χ3v) is 3.93. The van der Waals surface area contributed by atoms with Crippen molar-refractivity contribution >= 4 is 11.8 Å². The maximum absolute atomic E-state index is 12.6. The van der Waals surface area contributed by atoms with Crippen LogP contribution in [0, 0.1) is 5.92 Å². The highest BCUT2D eigenvalue weighted by atomic mass is 16.5. The maximum atomic E-state index is 12.6. The zero-order valence-corrected chi connectivity index (χ0v) is 12.8. The Morgan fingerprint density at radius 3 is 2.37 bits per heavy atom. The largest absolute Gasteiger partial charge is 0.380 e. The van der Waals surface area contributed by atoms with E-state index in [1.54, 1.807) is 18.9 Å². The fourth-order valence-corrected chi connectivity index (χ4v) is 2.43. The highest BCUT2D eigenvalue weighted by Crippen LogP contribution is 2.25. The highest BCUT2D eigenvalue weighted by molar-refractivity contribution is 5.99. The average molecular weight is 270 g/mol. The average Bonchev–Trinajstić information content (AvgIpc) is 2.34. The second-order valence-corrected chi connectivity index (χ2v) is 5.87. The first-order valence-electron chi connectivity index (χ1n) is 6.92. The van der Waals surface area contributed by atoms with Crippen molar-refractivity contribution in [3.63, 3.8) is 0 Å². The molecule has 1 saturated heterocycles. The van der Waals surface area contributed by atoms with Gasteiger partial charge in [0.15, 0.2) is 0 Å². The van der Waals surface area contributed by atoms with Crippen LogP contribution in [-0.4, -0.2) is 48.1 Å². The number of ether oxygens (including phenoxy) is 1. The van der Waals surface area contributed by atoms with Crippen molar-refractivity contribution in [1.82, 2.24) is 10.2 Å². The molecule has 0 bridgehead atoms. The van der Waals surface area contributed by atoms with E-state index in [2.05, 4.69) is 5.32 Å². The van der Waals surface area contributed by atoms with Gasteiger partial charge in [-0.25, -0.2) is 0 Å². The molecule has 1 rings (SSSR count). The molecule has 0 saturated carbocycles. The van der Waals surface area contributed by atoms with Gasteiger partial charge in [0.05, 0.1) is 6.10 Å². The summed E-state index contributed by atoms with van der Waals surface area (Å²) in [5.41, 5.74) is -0.796. The van der Waals surface area contributed by atoms with Gasteiger partial charge in [0.1, 0.15) is 11.6 Å². The van der Waals surface area contributed by atoms with E-state index in [-0.39, 0.29) is 23.8 Å². The van der Waals surface area contributed by atoms with Crippen LogP contribution in [-0.2, 0) is 14.3 Å². The van der Waals surface area contributed by atoms with Gasteiger partial charge in [-0.05, 0) is 26.2 Å². The molecule has 5 nitrogen and oxygen atoms in total. The quantitative estimate of drug-likeness (QED) is 0.816. The zero-order chi connectivity index (χ0) is 14.8. The molecule has 3 atom stereocenters. The van der Waals surface area contributed by atoms with Gasteiger partial charge in [-0.1, -0.05) is 20.8 Å². The number of hydrogen-bond acceptors (Lipinski definition) is 3. The van der Waals surface area contributed by atoms with Gasteiger partial charge >= 0.3 is 0 Å². The van der Waals surface area contributed by atoms with Crippen molar-refractivity contribution in [2.24, 2.45) is 5.92 Å². The monoisotopic (exact) mass is 270 g/mol. The van der Waals surface area contributed by atoms with Crippen LogP contribution in [0.4, 0.5) is 0 Å². The minimum absolute atomic E-state index is 0.0165. The lowest BCUT2D eigenvalue weighted by Crippen LogP contribution is -2.70. The fourth-order valence-electron chi connectivity index (χ4n) is 2.43. The molecule has 1 fully saturated rings. The molecule has 5 heteroatoms. The third-order valence-electron chi connectivity index (χ3n) is 3.93. The van der Waals surface area contributed by atoms with E-state index in [1.165, 1.54) is 0 Å². The topological polar surface area (TPSA) is 58.6 Å². The minimum Gasteiger partial charge on any atom is -0.380 e. The summed E-state index contributed by atoms with van der Waals surface area (Å²) in [6.07, 6.45) is 0.498. The number of rotatable bonds is 5. The van der Waals surface area contributed by atoms with Crippen LogP contribution in [0.1, 0.15) is 41.0 Å². The van der Waals surface area contributed by atoms with Crippen LogP contribution >= 0.6 is 0 Å². The van der Waals surface area contributed by atoms with E-state index >= 15 is 0 Å². The predicted octanol–water partition coefficient (Wildman–Crippen LogP) is 1.17. The molecule has 1 aliphatic heterocycles. The standard InChI is InChI=1S/C14H26N2O3/c1-7-14(5)13(18)16(8-10(4)19-6)11(9(2)3)12(17)15-14/h9-11H,7-8H2,1-6H3,(H,15,17). The number of hydrogen-bond donors (Lipinski definition) is 1. The second-order valence-electron chi connectivity index (χ2n) is 5.87. The van der Waals surface area contributed by atoms with E-state index in [1.807, 2.05) is 27.7 Å². The zero-order valence-electron chi connectivity index (χ0n) is 12.8.